The summed E-state index contributed by atoms with van der Waals surface area (Å²) in [7, 11) is 0. The molecule has 0 spiro atoms. The minimum Gasteiger partial charge on any atom is -0.396 e. The second kappa shape index (κ2) is 33.3. The molecule has 0 aromatic carbocycles. The average Bonchev–Trinajstić information content (AvgIpc) is 3.46. The Morgan fingerprint density at radius 2 is 0.844 bits per heavy atom. The monoisotopic (exact) mass is 633 g/mol. The summed E-state index contributed by atoms with van der Waals surface area (Å²) >= 11 is 0. The lowest BCUT2D eigenvalue weighted by atomic mass is 9.98. The van der Waals surface area contributed by atoms with Gasteiger partial charge in [-0.05, 0) is 77.0 Å². The molecule has 1 unspecified atom stereocenters. The molecule has 1 saturated heterocycles. The second-order valence-corrected chi connectivity index (χ2v) is 14.2. The first-order valence-corrected chi connectivity index (χ1v) is 20.5. The first-order chi connectivity index (χ1) is 22.3. The average molecular weight is 633 g/mol. The minimum atomic E-state index is -0.359. The number of aliphatic hydroxyl groups is 1. The topological polar surface area (TPSA) is 38.7 Å². The highest BCUT2D eigenvalue weighted by atomic mass is 16.7. The van der Waals surface area contributed by atoms with E-state index in [9.17, 15) is 5.11 Å². The van der Waals surface area contributed by atoms with Crippen molar-refractivity contribution in [2.75, 3.05) is 13.2 Å². The zero-order chi connectivity index (χ0) is 32.4. The summed E-state index contributed by atoms with van der Waals surface area (Å²) in [6.07, 6.45) is 51.2. The van der Waals surface area contributed by atoms with Crippen molar-refractivity contribution >= 4 is 0 Å². The summed E-state index contributed by atoms with van der Waals surface area (Å²) in [5.41, 5.74) is 0. The third-order valence-corrected chi connectivity index (χ3v) is 9.74. The molecule has 1 rings (SSSR count). The van der Waals surface area contributed by atoms with Crippen LogP contribution in [0.5, 0.6) is 0 Å². The Hall–Kier alpha value is -0.640. The molecule has 1 aliphatic heterocycles. The van der Waals surface area contributed by atoms with Crippen LogP contribution in [0.3, 0.4) is 0 Å². The van der Waals surface area contributed by atoms with Gasteiger partial charge in [0.2, 0.25) is 0 Å². The summed E-state index contributed by atoms with van der Waals surface area (Å²) in [5, 5.41) is 9.27. The molecule has 1 N–H and O–H groups in total. The molecule has 1 aliphatic rings. The van der Waals surface area contributed by atoms with Crippen molar-refractivity contribution in [3.05, 3.63) is 24.3 Å². The Bertz CT molecular complexity index is 600. The lowest BCUT2D eigenvalue weighted by Crippen LogP contribution is -2.31. The normalized spacial score (nSPS) is 16.6. The third kappa shape index (κ3) is 27.1. The summed E-state index contributed by atoms with van der Waals surface area (Å²) in [6.45, 7) is 5.53. The number of rotatable bonds is 35. The third-order valence-electron chi connectivity index (χ3n) is 9.74. The molecule has 3 heteroatoms. The largest absolute Gasteiger partial charge is 0.396 e. The van der Waals surface area contributed by atoms with Crippen molar-refractivity contribution in [1.29, 1.82) is 0 Å². The standard InChI is InChI=1S/C42H80O3/c1-3-5-7-9-11-13-15-17-19-21-23-25-27-29-31-33-37-42(44-40-41(45-42)36-35-39-43)38-34-32-30-28-26-24-22-20-18-16-14-12-10-8-6-4-2/h17-20,41,43H,3-16,21-40H2,1-2H3/b19-17-,20-18-. The fourth-order valence-corrected chi connectivity index (χ4v) is 6.75. The van der Waals surface area contributed by atoms with E-state index in [0.29, 0.717) is 6.61 Å². The van der Waals surface area contributed by atoms with Crippen LogP contribution in [0.15, 0.2) is 24.3 Å². The van der Waals surface area contributed by atoms with Crippen LogP contribution in [0, 0.1) is 0 Å². The van der Waals surface area contributed by atoms with Gasteiger partial charge in [-0.2, -0.15) is 0 Å². The quantitative estimate of drug-likeness (QED) is 0.0558. The molecule has 3 nitrogen and oxygen atoms in total. The minimum absolute atomic E-state index is 0.167. The van der Waals surface area contributed by atoms with Gasteiger partial charge in [-0.15, -0.1) is 0 Å². The predicted octanol–water partition coefficient (Wildman–Crippen LogP) is 13.7. The van der Waals surface area contributed by atoms with Crippen molar-refractivity contribution in [2.45, 2.75) is 231 Å². The molecule has 0 amide bonds. The van der Waals surface area contributed by atoms with Gasteiger partial charge in [-0.1, -0.05) is 154 Å². The van der Waals surface area contributed by atoms with Crippen molar-refractivity contribution in [2.24, 2.45) is 0 Å². The van der Waals surface area contributed by atoms with E-state index < -0.39 is 0 Å². The van der Waals surface area contributed by atoms with Gasteiger partial charge in [-0.25, -0.2) is 0 Å². The van der Waals surface area contributed by atoms with Gasteiger partial charge in [0, 0.05) is 19.4 Å². The highest BCUT2D eigenvalue weighted by molar-refractivity contribution is 4.82. The lowest BCUT2D eigenvalue weighted by molar-refractivity contribution is -0.180. The Kier molecular flexibility index (Phi) is 31.3. The zero-order valence-corrected chi connectivity index (χ0v) is 30.7. The van der Waals surface area contributed by atoms with Gasteiger partial charge in [0.1, 0.15) is 0 Å². The number of hydrogen-bond acceptors (Lipinski definition) is 3. The Balaban J connectivity index is 2.09. The van der Waals surface area contributed by atoms with E-state index >= 15 is 0 Å². The molecule has 1 atom stereocenters. The molecular weight excluding hydrogens is 552 g/mol. The van der Waals surface area contributed by atoms with Crippen molar-refractivity contribution < 1.29 is 14.6 Å². The summed E-state index contributed by atoms with van der Waals surface area (Å²) < 4.78 is 12.9. The molecular formula is C42H80O3. The molecule has 0 aliphatic carbocycles. The van der Waals surface area contributed by atoms with Crippen LogP contribution in [0.25, 0.3) is 0 Å². The van der Waals surface area contributed by atoms with Crippen LogP contribution in [-0.4, -0.2) is 30.2 Å². The Labute approximate surface area is 282 Å². The van der Waals surface area contributed by atoms with Gasteiger partial charge >= 0.3 is 0 Å². The SMILES string of the molecule is CCCCCCCC/C=C\CCCCCCCCC1(CCCCCCCC/C=C\CCCCCCCC)OCC(CCCO)O1. The van der Waals surface area contributed by atoms with E-state index in [-0.39, 0.29) is 18.5 Å². The van der Waals surface area contributed by atoms with E-state index in [1.807, 2.05) is 0 Å². The van der Waals surface area contributed by atoms with Gasteiger partial charge < -0.3 is 14.6 Å². The smallest absolute Gasteiger partial charge is 0.168 e. The maximum atomic E-state index is 9.27. The predicted molar refractivity (Wildman–Crippen MR) is 198 cm³/mol. The van der Waals surface area contributed by atoms with Crippen LogP contribution in [-0.2, 0) is 9.47 Å². The van der Waals surface area contributed by atoms with Crippen LogP contribution >= 0.6 is 0 Å². The lowest BCUT2D eigenvalue weighted by Gasteiger charge is -2.28. The van der Waals surface area contributed by atoms with Gasteiger partial charge in [0.15, 0.2) is 5.79 Å². The fraction of sp³-hybridized carbons (Fsp3) is 0.905. The molecule has 1 heterocycles. The van der Waals surface area contributed by atoms with Gasteiger partial charge in [-0.3, -0.25) is 0 Å². The first kappa shape index (κ1) is 42.4. The van der Waals surface area contributed by atoms with Gasteiger partial charge in [0.05, 0.1) is 12.7 Å². The summed E-state index contributed by atoms with van der Waals surface area (Å²) in [6, 6.07) is 0. The van der Waals surface area contributed by atoms with Crippen LogP contribution in [0.2, 0.25) is 0 Å². The number of ether oxygens (including phenoxy) is 2. The molecule has 0 saturated carbocycles. The summed E-state index contributed by atoms with van der Waals surface area (Å²) in [5.74, 6) is -0.359. The van der Waals surface area contributed by atoms with E-state index in [4.69, 9.17) is 9.47 Å². The van der Waals surface area contributed by atoms with E-state index in [2.05, 4.69) is 38.2 Å². The van der Waals surface area contributed by atoms with Crippen molar-refractivity contribution in [3.63, 3.8) is 0 Å². The molecule has 45 heavy (non-hydrogen) atoms. The van der Waals surface area contributed by atoms with Crippen LogP contribution < -0.4 is 0 Å². The van der Waals surface area contributed by atoms with E-state index in [0.717, 1.165) is 25.7 Å². The van der Waals surface area contributed by atoms with Crippen molar-refractivity contribution in [1.82, 2.24) is 0 Å². The van der Waals surface area contributed by atoms with E-state index in [1.165, 1.54) is 180 Å². The molecule has 266 valence electrons. The maximum absolute atomic E-state index is 9.27. The molecule has 1 fully saturated rings. The Morgan fingerprint density at radius 1 is 0.489 bits per heavy atom. The summed E-state index contributed by atoms with van der Waals surface area (Å²) in [4.78, 5) is 0. The zero-order valence-electron chi connectivity index (χ0n) is 30.7. The highest BCUT2D eigenvalue weighted by Gasteiger charge is 2.40. The number of hydrogen-bond donors (Lipinski definition) is 1. The molecule has 0 aromatic heterocycles. The fourth-order valence-electron chi connectivity index (χ4n) is 6.75. The highest BCUT2D eigenvalue weighted by Crippen LogP contribution is 2.36. The van der Waals surface area contributed by atoms with Crippen molar-refractivity contribution in [3.8, 4) is 0 Å². The Morgan fingerprint density at radius 3 is 1.22 bits per heavy atom. The molecule has 0 radical (unpaired) electrons. The first-order valence-electron chi connectivity index (χ1n) is 20.5. The van der Waals surface area contributed by atoms with Gasteiger partial charge in [0.25, 0.3) is 0 Å². The number of allylic oxidation sites excluding steroid dienone is 4. The maximum Gasteiger partial charge on any atom is 0.168 e. The molecule has 0 bridgehead atoms. The second-order valence-electron chi connectivity index (χ2n) is 14.2. The van der Waals surface area contributed by atoms with Crippen LogP contribution in [0.1, 0.15) is 219 Å². The van der Waals surface area contributed by atoms with E-state index in [1.54, 1.807) is 0 Å². The number of unbranched alkanes of at least 4 members (excludes halogenated alkanes) is 24. The van der Waals surface area contributed by atoms with Crippen LogP contribution in [0.4, 0.5) is 0 Å². The number of aliphatic hydroxyl groups excluding tert-OH is 1. The molecule has 0 aromatic rings.